The van der Waals surface area contributed by atoms with E-state index in [-0.39, 0.29) is 0 Å². The van der Waals surface area contributed by atoms with Crippen molar-refractivity contribution in [1.29, 1.82) is 0 Å². The third-order valence-electron chi connectivity index (χ3n) is 4.26. The first-order valence-electron chi connectivity index (χ1n) is 7.57. The van der Waals surface area contributed by atoms with Crippen molar-refractivity contribution in [2.45, 2.75) is 19.3 Å². The normalized spacial score (nSPS) is 17.2. The molecule has 0 radical (unpaired) electrons. The van der Waals surface area contributed by atoms with Gasteiger partial charge in [0.1, 0.15) is 5.82 Å². The Bertz CT molecular complexity index is 608. The fourth-order valence-corrected chi connectivity index (χ4v) is 3.10. The maximum Gasteiger partial charge on any atom is 0.224 e. The highest BCUT2D eigenvalue weighted by Gasteiger charge is 2.16. The van der Waals surface area contributed by atoms with Gasteiger partial charge in [-0.25, -0.2) is 9.97 Å². The number of nitrogens with one attached hydrogen (secondary N) is 1. The van der Waals surface area contributed by atoms with Crippen LogP contribution in [0.5, 0.6) is 0 Å². The van der Waals surface area contributed by atoms with E-state index in [0.717, 1.165) is 29.2 Å². The van der Waals surface area contributed by atoms with Crippen LogP contribution in [-0.4, -0.2) is 41.5 Å². The molecule has 0 saturated carbocycles. The lowest BCUT2D eigenvalue weighted by atomic mass is 9.94. The molecule has 1 aliphatic heterocycles. The summed E-state index contributed by atoms with van der Waals surface area (Å²) in [6, 6.07) is 7.96. The first-order valence-corrected chi connectivity index (χ1v) is 7.95. The molecule has 0 unspecified atom stereocenters. The number of halogens is 1. The number of nitrogens with zero attached hydrogens (tertiary/aromatic N) is 3. The smallest absolute Gasteiger partial charge is 0.224 e. The molecule has 0 spiro atoms. The fourth-order valence-electron chi connectivity index (χ4n) is 2.93. The topological polar surface area (TPSA) is 41.0 Å². The second kappa shape index (κ2) is 6.58. The van der Waals surface area contributed by atoms with E-state index in [2.05, 4.69) is 27.2 Å². The average Bonchev–Trinajstić information content (AvgIpc) is 2.49. The molecule has 0 atom stereocenters. The van der Waals surface area contributed by atoms with E-state index in [0.29, 0.717) is 5.28 Å². The Hall–Kier alpha value is -1.39. The van der Waals surface area contributed by atoms with E-state index in [1.807, 2.05) is 24.3 Å². The SMILES string of the molecule is CN1CCC(CCNc2nc(Cl)nc3ccccc23)CC1. The lowest BCUT2D eigenvalue weighted by Crippen LogP contribution is -2.30. The largest absolute Gasteiger partial charge is 0.369 e. The highest BCUT2D eigenvalue weighted by Crippen LogP contribution is 2.23. The summed E-state index contributed by atoms with van der Waals surface area (Å²) in [4.78, 5) is 11.0. The van der Waals surface area contributed by atoms with E-state index < -0.39 is 0 Å². The minimum atomic E-state index is 0.301. The van der Waals surface area contributed by atoms with Gasteiger partial charge in [-0.15, -0.1) is 0 Å². The van der Waals surface area contributed by atoms with Crippen LogP contribution in [-0.2, 0) is 0 Å². The zero-order valence-corrected chi connectivity index (χ0v) is 13.1. The molecule has 3 rings (SSSR count). The maximum absolute atomic E-state index is 6.00. The van der Waals surface area contributed by atoms with E-state index in [9.17, 15) is 0 Å². The Morgan fingerprint density at radius 3 is 2.81 bits per heavy atom. The Kier molecular flexibility index (Phi) is 4.56. The molecule has 0 aliphatic carbocycles. The maximum atomic E-state index is 6.00. The van der Waals surface area contributed by atoms with Crippen LogP contribution in [0.3, 0.4) is 0 Å². The molecule has 1 aromatic carbocycles. The second-order valence-corrected chi connectivity index (χ2v) is 6.16. The number of anilines is 1. The number of hydrogen-bond acceptors (Lipinski definition) is 4. The molecule has 1 aromatic heterocycles. The van der Waals surface area contributed by atoms with Crippen LogP contribution in [0.1, 0.15) is 19.3 Å². The van der Waals surface area contributed by atoms with Crippen LogP contribution in [0.15, 0.2) is 24.3 Å². The van der Waals surface area contributed by atoms with Gasteiger partial charge in [0.25, 0.3) is 0 Å². The minimum absolute atomic E-state index is 0.301. The standard InChI is InChI=1S/C16H21ClN4/c1-21-10-7-12(8-11-21)6-9-18-15-13-4-2-3-5-14(13)19-16(17)20-15/h2-5,12H,6-11H2,1H3,(H,18,19,20). The van der Waals surface area contributed by atoms with Crippen LogP contribution in [0, 0.1) is 5.92 Å². The molecule has 5 heteroatoms. The van der Waals surface area contributed by atoms with Crippen molar-refractivity contribution in [2.24, 2.45) is 5.92 Å². The summed E-state index contributed by atoms with van der Waals surface area (Å²) in [5.41, 5.74) is 0.888. The summed E-state index contributed by atoms with van der Waals surface area (Å²) in [7, 11) is 2.20. The van der Waals surface area contributed by atoms with Crippen LogP contribution < -0.4 is 5.32 Å². The van der Waals surface area contributed by atoms with Gasteiger partial charge >= 0.3 is 0 Å². The van der Waals surface area contributed by atoms with Crippen molar-refractivity contribution in [2.75, 3.05) is 32.0 Å². The van der Waals surface area contributed by atoms with Gasteiger partial charge in [0.2, 0.25) is 5.28 Å². The summed E-state index contributed by atoms with van der Waals surface area (Å²) < 4.78 is 0. The van der Waals surface area contributed by atoms with E-state index >= 15 is 0 Å². The molecule has 112 valence electrons. The van der Waals surface area contributed by atoms with Gasteiger partial charge < -0.3 is 10.2 Å². The third-order valence-corrected chi connectivity index (χ3v) is 4.43. The zero-order chi connectivity index (χ0) is 14.7. The Balaban J connectivity index is 1.63. The number of likely N-dealkylation sites (tertiary alicyclic amines) is 1. The third kappa shape index (κ3) is 3.63. The Morgan fingerprint density at radius 2 is 2.00 bits per heavy atom. The van der Waals surface area contributed by atoms with Gasteiger partial charge in [-0.3, -0.25) is 0 Å². The van der Waals surface area contributed by atoms with Crippen molar-refractivity contribution in [1.82, 2.24) is 14.9 Å². The summed E-state index contributed by atoms with van der Waals surface area (Å²) in [6.07, 6.45) is 3.77. The predicted molar refractivity (Wildman–Crippen MR) is 87.9 cm³/mol. The van der Waals surface area contributed by atoms with Crippen molar-refractivity contribution in [3.8, 4) is 0 Å². The monoisotopic (exact) mass is 304 g/mol. The van der Waals surface area contributed by atoms with Crippen molar-refractivity contribution < 1.29 is 0 Å². The molecular weight excluding hydrogens is 284 g/mol. The molecule has 0 amide bonds. The lowest BCUT2D eigenvalue weighted by Gasteiger charge is -2.28. The quantitative estimate of drug-likeness (QED) is 0.879. The van der Waals surface area contributed by atoms with Crippen LogP contribution >= 0.6 is 11.6 Å². The molecule has 1 saturated heterocycles. The van der Waals surface area contributed by atoms with Gasteiger partial charge in [0.05, 0.1) is 5.52 Å². The summed E-state index contributed by atoms with van der Waals surface area (Å²) in [6.45, 7) is 3.37. The molecule has 1 fully saturated rings. The van der Waals surface area contributed by atoms with Crippen molar-refractivity contribution in [3.63, 3.8) is 0 Å². The van der Waals surface area contributed by atoms with Crippen molar-refractivity contribution in [3.05, 3.63) is 29.5 Å². The number of piperidine rings is 1. The van der Waals surface area contributed by atoms with E-state index in [4.69, 9.17) is 11.6 Å². The molecule has 2 aromatic rings. The molecule has 21 heavy (non-hydrogen) atoms. The van der Waals surface area contributed by atoms with E-state index in [1.54, 1.807) is 0 Å². The van der Waals surface area contributed by atoms with Crippen LogP contribution in [0.25, 0.3) is 10.9 Å². The summed E-state index contributed by atoms with van der Waals surface area (Å²) >= 11 is 6.00. The van der Waals surface area contributed by atoms with Gasteiger partial charge in [0.15, 0.2) is 0 Å². The van der Waals surface area contributed by atoms with Gasteiger partial charge in [-0.1, -0.05) is 12.1 Å². The van der Waals surface area contributed by atoms with Crippen molar-refractivity contribution >= 4 is 28.3 Å². The number of benzene rings is 1. The van der Waals surface area contributed by atoms with Gasteiger partial charge in [-0.05, 0) is 69.1 Å². The summed E-state index contributed by atoms with van der Waals surface area (Å²) in [5, 5.41) is 4.77. The van der Waals surface area contributed by atoms with Gasteiger partial charge in [0, 0.05) is 11.9 Å². The molecule has 0 bridgehead atoms. The van der Waals surface area contributed by atoms with Crippen LogP contribution in [0.2, 0.25) is 5.28 Å². The van der Waals surface area contributed by atoms with Gasteiger partial charge in [-0.2, -0.15) is 0 Å². The highest BCUT2D eigenvalue weighted by molar-refractivity contribution is 6.28. The summed E-state index contributed by atoms with van der Waals surface area (Å²) in [5.74, 6) is 1.66. The highest BCUT2D eigenvalue weighted by atomic mass is 35.5. The van der Waals surface area contributed by atoms with Crippen LogP contribution in [0.4, 0.5) is 5.82 Å². The first kappa shape index (κ1) is 14.5. The first-order chi connectivity index (χ1) is 10.2. The number of aromatic nitrogens is 2. The fraction of sp³-hybridized carbons (Fsp3) is 0.500. The number of hydrogen-bond donors (Lipinski definition) is 1. The number of para-hydroxylation sites is 1. The molecule has 2 heterocycles. The molecule has 1 aliphatic rings. The molecular formula is C16H21ClN4. The Labute approximate surface area is 130 Å². The number of fused-ring (bicyclic) bond motifs is 1. The second-order valence-electron chi connectivity index (χ2n) is 5.82. The molecule has 1 N–H and O–H groups in total. The minimum Gasteiger partial charge on any atom is -0.369 e. The van der Waals surface area contributed by atoms with E-state index in [1.165, 1.54) is 32.4 Å². The Morgan fingerprint density at radius 1 is 1.24 bits per heavy atom. The average molecular weight is 305 g/mol. The molecule has 4 nitrogen and oxygen atoms in total. The lowest BCUT2D eigenvalue weighted by molar-refractivity contribution is 0.215. The number of rotatable bonds is 4. The zero-order valence-electron chi connectivity index (χ0n) is 12.3. The predicted octanol–water partition coefficient (Wildman–Crippen LogP) is 3.43.